The minimum atomic E-state index is -1.23. The molecule has 4 rings (SSSR count). The van der Waals surface area contributed by atoms with E-state index in [4.69, 9.17) is 10.9 Å². The molecule has 2 aromatic heterocycles. The van der Waals surface area contributed by atoms with Crippen LogP contribution in [-0.2, 0) is 11.2 Å². The third kappa shape index (κ3) is 2.70. The molecule has 0 fully saturated rings. The zero-order chi connectivity index (χ0) is 18.3. The highest BCUT2D eigenvalue weighted by molar-refractivity contribution is 7.98. The first-order chi connectivity index (χ1) is 12.6. The van der Waals surface area contributed by atoms with Crippen LogP contribution in [0.5, 0.6) is 0 Å². The Morgan fingerprint density at radius 3 is 2.73 bits per heavy atom. The summed E-state index contributed by atoms with van der Waals surface area (Å²) in [4.78, 5) is 8.59. The summed E-state index contributed by atoms with van der Waals surface area (Å²) in [5.41, 5.74) is 9.66. The van der Waals surface area contributed by atoms with Crippen molar-refractivity contribution in [2.75, 3.05) is 12.0 Å². The molecule has 6 N–H and O–H groups in total. The van der Waals surface area contributed by atoms with Gasteiger partial charge in [0, 0.05) is 5.56 Å². The second kappa shape index (κ2) is 6.61. The lowest BCUT2D eigenvalue weighted by atomic mass is 9.98. The van der Waals surface area contributed by atoms with Crippen LogP contribution in [0.25, 0.3) is 33.5 Å². The van der Waals surface area contributed by atoms with Gasteiger partial charge >= 0.3 is 0 Å². The number of rotatable bonds is 4. The number of fused-ring (bicyclic) bond motifs is 1. The van der Waals surface area contributed by atoms with Crippen molar-refractivity contribution in [2.24, 2.45) is 5.14 Å². The fraction of sp³-hybridized carbons (Fsp3) is 0.0667. The largest absolute Gasteiger partial charge is 0.612 e. The molecular weight excluding hydrogens is 372 g/mol. The summed E-state index contributed by atoms with van der Waals surface area (Å²) >= 11 is -0.224. The van der Waals surface area contributed by atoms with Crippen LogP contribution in [0.2, 0.25) is 0 Å². The second-order valence-corrected chi connectivity index (χ2v) is 7.44. The molecule has 1 unspecified atom stereocenters. The van der Waals surface area contributed by atoms with Crippen LogP contribution < -0.4 is 10.9 Å². The van der Waals surface area contributed by atoms with E-state index in [1.165, 1.54) is 0 Å². The molecule has 132 valence electrons. The normalized spacial score (nSPS) is 12.6. The van der Waals surface area contributed by atoms with Crippen molar-refractivity contribution < 1.29 is 4.55 Å². The van der Waals surface area contributed by atoms with Crippen molar-refractivity contribution in [3.63, 3.8) is 0 Å². The predicted molar refractivity (Wildman–Crippen MR) is 101 cm³/mol. The van der Waals surface area contributed by atoms with E-state index in [-0.39, 0.29) is 0 Å². The van der Waals surface area contributed by atoms with Gasteiger partial charge in [-0.05, 0) is 52.1 Å². The van der Waals surface area contributed by atoms with E-state index >= 15 is 0 Å². The molecule has 9 nitrogen and oxygen atoms in total. The quantitative estimate of drug-likeness (QED) is 0.305. The lowest BCUT2D eigenvalue weighted by molar-refractivity contribution is 0.599. The highest BCUT2D eigenvalue weighted by Crippen LogP contribution is 2.41. The Labute approximate surface area is 155 Å². The van der Waals surface area contributed by atoms with E-state index < -0.39 is 11.2 Å². The number of hydrogen-bond donors (Lipinski definition) is 4. The molecule has 0 aliphatic heterocycles. The monoisotopic (exact) mass is 386 g/mol. The lowest BCUT2D eigenvalue weighted by Gasteiger charge is -2.15. The standard InChI is InChI=1S/C15H14N8OS2/c1-26(24)10-6-5-7(11(13(10)25-17)14-20-22-23-21-14)8-3-2-4-9-12(8)19-15(16)18-9/h2-6H,17H2,1H3,(H3,16,18,19)(H,20,21,22,23). The number of aromatic amines is 2. The van der Waals surface area contributed by atoms with Crippen LogP contribution in [0.3, 0.4) is 0 Å². The van der Waals surface area contributed by atoms with Crippen LogP contribution >= 0.6 is 11.9 Å². The third-order valence-electron chi connectivity index (χ3n) is 3.94. The van der Waals surface area contributed by atoms with Crippen molar-refractivity contribution in [1.29, 1.82) is 0 Å². The van der Waals surface area contributed by atoms with Crippen LogP contribution in [0.1, 0.15) is 0 Å². The second-order valence-electron chi connectivity index (χ2n) is 5.44. The van der Waals surface area contributed by atoms with Crippen LogP contribution in [0.4, 0.5) is 5.95 Å². The summed E-state index contributed by atoms with van der Waals surface area (Å²) in [5, 5.41) is 20.2. The maximum Gasteiger partial charge on any atom is 0.206 e. The molecule has 4 aromatic rings. The van der Waals surface area contributed by atoms with Gasteiger partial charge in [-0.1, -0.05) is 12.1 Å². The molecule has 0 amide bonds. The van der Waals surface area contributed by atoms with Gasteiger partial charge in [-0.3, -0.25) is 5.14 Å². The lowest BCUT2D eigenvalue weighted by Crippen LogP contribution is -2.04. The van der Waals surface area contributed by atoms with Gasteiger partial charge in [0.1, 0.15) is 6.26 Å². The molecule has 26 heavy (non-hydrogen) atoms. The van der Waals surface area contributed by atoms with E-state index in [1.807, 2.05) is 24.3 Å². The molecule has 0 bridgehead atoms. The zero-order valence-electron chi connectivity index (χ0n) is 13.6. The van der Waals surface area contributed by atoms with Crippen molar-refractivity contribution in [3.8, 4) is 22.5 Å². The van der Waals surface area contributed by atoms with Crippen LogP contribution in [0, 0.1) is 0 Å². The number of nitrogens with zero attached hydrogens (tertiary/aromatic N) is 4. The van der Waals surface area contributed by atoms with Crippen LogP contribution in [-0.4, -0.2) is 41.4 Å². The van der Waals surface area contributed by atoms with Crippen molar-refractivity contribution in [3.05, 3.63) is 30.3 Å². The molecule has 1 atom stereocenters. The summed E-state index contributed by atoms with van der Waals surface area (Å²) in [7, 11) is 0. The summed E-state index contributed by atoms with van der Waals surface area (Å²) in [5.74, 6) is 0.693. The Bertz CT molecular complexity index is 1080. The number of H-pyrrole nitrogens is 2. The first kappa shape index (κ1) is 16.8. The van der Waals surface area contributed by atoms with Gasteiger partial charge in [0.05, 0.1) is 21.5 Å². The van der Waals surface area contributed by atoms with Gasteiger partial charge in [-0.25, -0.2) is 4.98 Å². The molecule has 0 aliphatic rings. The number of aromatic nitrogens is 6. The van der Waals surface area contributed by atoms with Gasteiger partial charge in [0.25, 0.3) is 0 Å². The number of benzene rings is 2. The molecule has 0 radical (unpaired) electrons. The molecule has 0 spiro atoms. The number of imidazole rings is 1. The number of tetrazole rings is 1. The van der Waals surface area contributed by atoms with Crippen molar-refractivity contribution in [2.45, 2.75) is 9.79 Å². The summed E-state index contributed by atoms with van der Waals surface area (Å²) in [6, 6.07) is 9.36. The molecule has 0 saturated heterocycles. The average Bonchev–Trinajstić information content (AvgIpc) is 3.28. The minimum Gasteiger partial charge on any atom is -0.612 e. The highest BCUT2D eigenvalue weighted by Gasteiger charge is 2.24. The van der Waals surface area contributed by atoms with E-state index in [1.54, 1.807) is 12.3 Å². The summed E-state index contributed by atoms with van der Waals surface area (Å²) < 4.78 is 12.2. The molecule has 0 saturated carbocycles. The molecular formula is C15H14N8OS2. The van der Waals surface area contributed by atoms with Gasteiger partial charge in [-0.2, -0.15) is 5.21 Å². The Hall–Kier alpha value is -2.60. The topological polar surface area (TPSA) is 158 Å². The molecule has 2 heterocycles. The molecule has 0 aliphatic carbocycles. The van der Waals surface area contributed by atoms with Gasteiger partial charge < -0.3 is 15.3 Å². The predicted octanol–water partition coefficient (Wildman–Crippen LogP) is 1.70. The maximum absolute atomic E-state index is 12.2. The van der Waals surface area contributed by atoms with Gasteiger partial charge in [0.15, 0.2) is 10.8 Å². The first-order valence-corrected chi connectivity index (χ1v) is 9.89. The highest BCUT2D eigenvalue weighted by atomic mass is 32.2. The fourth-order valence-corrected chi connectivity index (χ4v) is 4.52. The third-order valence-corrected chi connectivity index (χ3v) is 5.69. The maximum atomic E-state index is 12.2. The fourth-order valence-electron chi connectivity index (χ4n) is 2.90. The van der Waals surface area contributed by atoms with Crippen molar-refractivity contribution >= 4 is 40.1 Å². The number of nitrogens with one attached hydrogen (secondary N) is 2. The van der Waals surface area contributed by atoms with Crippen molar-refractivity contribution in [1.82, 2.24) is 30.6 Å². The van der Waals surface area contributed by atoms with E-state index in [9.17, 15) is 4.55 Å². The molecule has 11 heteroatoms. The zero-order valence-corrected chi connectivity index (χ0v) is 15.2. The Morgan fingerprint density at radius 2 is 2.04 bits per heavy atom. The number of hydrogen-bond acceptors (Lipinski definition) is 8. The number of para-hydroxylation sites is 1. The van der Waals surface area contributed by atoms with E-state index in [0.29, 0.717) is 27.1 Å². The summed E-state index contributed by atoms with van der Waals surface area (Å²) in [6.45, 7) is 0. The molecule has 2 aromatic carbocycles. The van der Waals surface area contributed by atoms with E-state index in [2.05, 4.69) is 30.6 Å². The minimum absolute atomic E-state index is 0.327. The Balaban J connectivity index is 2.08. The Morgan fingerprint density at radius 1 is 1.19 bits per heavy atom. The Kier molecular flexibility index (Phi) is 4.28. The number of nitrogen functional groups attached to an aromatic ring is 1. The number of anilines is 1. The SMILES string of the molecule is C[S+]([O-])c1ccc(-c2cccc3nc(N)[nH]c23)c(-c2nn[nH]n2)c1SN. The average molecular weight is 386 g/mol. The first-order valence-electron chi connectivity index (χ1n) is 7.45. The smallest absolute Gasteiger partial charge is 0.206 e. The van der Waals surface area contributed by atoms with Crippen LogP contribution in [0.15, 0.2) is 40.1 Å². The van der Waals surface area contributed by atoms with Gasteiger partial charge in [0.2, 0.25) is 5.82 Å². The summed E-state index contributed by atoms with van der Waals surface area (Å²) in [6.07, 6.45) is 1.60. The van der Waals surface area contributed by atoms with E-state index in [0.717, 1.165) is 34.1 Å². The van der Waals surface area contributed by atoms with Gasteiger partial charge in [-0.15, -0.1) is 10.2 Å². The number of nitrogens with two attached hydrogens (primary N) is 2.